The lowest BCUT2D eigenvalue weighted by molar-refractivity contribution is 0.0690. The maximum Gasteiger partial charge on any atom is 0.354 e. The second-order valence-electron chi connectivity index (χ2n) is 5.29. The Hall–Kier alpha value is -1.95. The monoisotopic (exact) mass is 277 g/mol. The second kappa shape index (κ2) is 6.00. The van der Waals surface area contributed by atoms with E-state index in [1.807, 2.05) is 19.0 Å². The van der Waals surface area contributed by atoms with E-state index in [1.165, 1.54) is 12.3 Å². The fourth-order valence-corrected chi connectivity index (χ4v) is 2.56. The van der Waals surface area contributed by atoms with Crippen molar-refractivity contribution in [2.75, 3.05) is 27.2 Å². The first kappa shape index (κ1) is 14.5. The summed E-state index contributed by atoms with van der Waals surface area (Å²) in [5.41, 5.74) is 0.294. The number of carboxylic acids is 1. The van der Waals surface area contributed by atoms with E-state index in [0.717, 1.165) is 25.9 Å². The number of amides is 1. The topological polar surface area (TPSA) is 73.7 Å². The third-order valence-electron chi connectivity index (χ3n) is 3.44. The third-order valence-corrected chi connectivity index (χ3v) is 3.44. The van der Waals surface area contributed by atoms with E-state index in [0.29, 0.717) is 5.56 Å². The highest BCUT2D eigenvalue weighted by Gasteiger charge is 2.29. The summed E-state index contributed by atoms with van der Waals surface area (Å²) in [6.07, 6.45) is 3.34. The molecular weight excluding hydrogens is 258 g/mol. The number of pyridine rings is 1. The number of carbonyl (C=O) groups is 2. The molecule has 1 aromatic heterocycles. The zero-order chi connectivity index (χ0) is 14.7. The summed E-state index contributed by atoms with van der Waals surface area (Å²) in [5, 5.41) is 8.93. The lowest BCUT2D eigenvalue weighted by atomic mass is 10.1. The molecule has 108 valence electrons. The van der Waals surface area contributed by atoms with Gasteiger partial charge in [-0.3, -0.25) is 4.79 Å². The number of aromatic nitrogens is 1. The number of nitrogens with zero attached hydrogens (tertiary/aromatic N) is 3. The van der Waals surface area contributed by atoms with Crippen LogP contribution in [0.3, 0.4) is 0 Å². The van der Waals surface area contributed by atoms with Gasteiger partial charge in [0.2, 0.25) is 0 Å². The van der Waals surface area contributed by atoms with Crippen LogP contribution in [0.25, 0.3) is 0 Å². The fourth-order valence-electron chi connectivity index (χ4n) is 2.56. The summed E-state index contributed by atoms with van der Waals surface area (Å²) in [5.74, 6) is -1.23. The molecule has 1 saturated heterocycles. The Balaban J connectivity index is 2.18. The van der Waals surface area contributed by atoms with Gasteiger partial charge in [0.1, 0.15) is 5.69 Å². The minimum Gasteiger partial charge on any atom is -0.477 e. The molecule has 1 amide bonds. The fraction of sp³-hybridized carbons (Fsp3) is 0.500. The average Bonchev–Trinajstić information content (AvgIpc) is 2.85. The largest absolute Gasteiger partial charge is 0.477 e. The van der Waals surface area contributed by atoms with Crippen LogP contribution in [0.1, 0.15) is 33.7 Å². The van der Waals surface area contributed by atoms with Gasteiger partial charge in [0.25, 0.3) is 5.91 Å². The van der Waals surface area contributed by atoms with Crippen LogP contribution in [0.2, 0.25) is 0 Å². The lowest BCUT2D eigenvalue weighted by Crippen LogP contribution is -2.41. The van der Waals surface area contributed by atoms with Crippen molar-refractivity contribution in [3.8, 4) is 0 Å². The molecule has 1 unspecified atom stereocenters. The van der Waals surface area contributed by atoms with Crippen molar-refractivity contribution in [2.45, 2.75) is 18.9 Å². The molecule has 6 heteroatoms. The summed E-state index contributed by atoms with van der Waals surface area (Å²) in [7, 11) is 3.96. The molecule has 20 heavy (non-hydrogen) atoms. The van der Waals surface area contributed by atoms with E-state index in [1.54, 1.807) is 6.07 Å². The zero-order valence-electron chi connectivity index (χ0n) is 11.7. The maximum absolute atomic E-state index is 12.5. The van der Waals surface area contributed by atoms with E-state index >= 15 is 0 Å². The molecule has 0 spiro atoms. The van der Waals surface area contributed by atoms with E-state index < -0.39 is 5.97 Å². The van der Waals surface area contributed by atoms with Crippen LogP contribution in [-0.2, 0) is 0 Å². The molecule has 1 N–H and O–H groups in total. The molecule has 6 nitrogen and oxygen atoms in total. The minimum atomic E-state index is -1.12. The smallest absolute Gasteiger partial charge is 0.354 e. The van der Waals surface area contributed by atoms with Crippen LogP contribution in [-0.4, -0.2) is 65.0 Å². The Bertz CT molecular complexity index is 516. The number of hydrogen-bond donors (Lipinski definition) is 1. The van der Waals surface area contributed by atoms with Gasteiger partial charge in [-0.15, -0.1) is 0 Å². The zero-order valence-corrected chi connectivity index (χ0v) is 11.7. The van der Waals surface area contributed by atoms with E-state index in [9.17, 15) is 9.59 Å². The molecule has 2 rings (SSSR count). The van der Waals surface area contributed by atoms with Crippen molar-refractivity contribution in [1.82, 2.24) is 14.8 Å². The Labute approximate surface area is 118 Å². The molecule has 0 aliphatic carbocycles. The van der Waals surface area contributed by atoms with Gasteiger partial charge in [-0.05, 0) is 39.1 Å². The number of rotatable bonds is 4. The second-order valence-corrected chi connectivity index (χ2v) is 5.29. The van der Waals surface area contributed by atoms with Gasteiger partial charge in [0, 0.05) is 30.9 Å². The quantitative estimate of drug-likeness (QED) is 0.887. The van der Waals surface area contributed by atoms with Gasteiger partial charge in [-0.2, -0.15) is 0 Å². The van der Waals surface area contributed by atoms with Crippen LogP contribution < -0.4 is 0 Å². The van der Waals surface area contributed by atoms with Gasteiger partial charge in [0.05, 0.1) is 0 Å². The van der Waals surface area contributed by atoms with Crippen molar-refractivity contribution >= 4 is 11.9 Å². The number of carboxylic acid groups (broad SMARTS) is 1. The van der Waals surface area contributed by atoms with Crippen molar-refractivity contribution in [1.29, 1.82) is 0 Å². The maximum atomic E-state index is 12.5. The van der Waals surface area contributed by atoms with E-state index in [2.05, 4.69) is 9.88 Å². The molecular formula is C14H19N3O3. The molecule has 1 fully saturated rings. The summed E-state index contributed by atoms with van der Waals surface area (Å²) >= 11 is 0. The van der Waals surface area contributed by atoms with Crippen molar-refractivity contribution in [3.05, 3.63) is 29.6 Å². The van der Waals surface area contributed by atoms with Crippen LogP contribution in [0.4, 0.5) is 0 Å². The normalized spacial score (nSPS) is 18.6. The van der Waals surface area contributed by atoms with Crippen LogP contribution in [0, 0.1) is 0 Å². The predicted octanol–water partition coefficient (Wildman–Crippen LogP) is 0.946. The third kappa shape index (κ3) is 3.14. The van der Waals surface area contributed by atoms with Gasteiger partial charge < -0.3 is 14.9 Å². The number of likely N-dealkylation sites (tertiary alicyclic amines) is 1. The summed E-state index contributed by atoms with van der Waals surface area (Å²) in [4.78, 5) is 31.0. The molecule has 2 heterocycles. The highest BCUT2D eigenvalue weighted by molar-refractivity contribution is 5.97. The highest BCUT2D eigenvalue weighted by Crippen LogP contribution is 2.20. The molecule has 1 aliphatic heterocycles. The molecule has 0 saturated carbocycles. The van der Waals surface area contributed by atoms with Gasteiger partial charge >= 0.3 is 5.97 Å². The minimum absolute atomic E-state index is 0.0980. The number of aromatic carboxylic acids is 1. The summed E-state index contributed by atoms with van der Waals surface area (Å²) < 4.78 is 0. The molecule has 1 atom stereocenters. The SMILES string of the molecule is CN(C)CC1CCCN1C(=O)c1ccnc(C(=O)O)c1. The first-order valence-corrected chi connectivity index (χ1v) is 6.64. The Morgan fingerprint density at radius 3 is 2.90 bits per heavy atom. The van der Waals surface area contributed by atoms with Crippen molar-refractivity contribution in [2.24, 2.45) is 0 Å². The molecule has 0 aromatic carbocycles. The highest BCUT2D eigenvalue weighted by atomic mass is 16.4. The van der Waals surface area contributed by atoms with Crippen LogP contribution in [0.15, 0.2) is 18.3 Å². The van der Waals surface area contributed by atoms with E-state index in [-0.39, 0.29) is 17.6 Å². The first-order valence-electron chi connectivity index (χ1n) is 6.64. The first-order chi connectivity index (χ1) is 9.49. The van der Waals surface area contributed by atoms with Gasteiger partial charge in [-0.25, -0.2) is 9.78 Å². The van der Waals surface area contributed by atoms with E-state index in [4.69, 9.17) is 5.11 Å². The number of carbonyl (C=O) groups excluding carboxylic acids is 1. The molecule has 1 aromatic rings. The van der Waals surface area contributed by atoms with Crippen LogP contribution in [0.5, 0.6) is 0 Å². The molecule has 0 bridgehead atoms. The summed E-state index contributed by atoms with van der Waals surface area (Å²) in [6, 6.07) is 3.11. The van der Waals surface area contributed by atoms with Crippen molar-refractivity contribution < 1.29 is 14.7 Å². The van der Waals surface area contributed by atoms with Crippen molar-refractivity contribution in [3.63, 3.8) is 0 Å². The lowest BCUT2D eigenvalue weighted by Gasteiger charge is -2.27. The summed E-state index contributed by atoms with van der Waals surface area (Å²) in [6.45, 7) is 1.55. The number of likely N-dealkylation sites (N-methyl/N-ethyl adjacent to an activating group) is 1. The molecule has 1 aliphatic rings. The Morgan fingerprint density at radius 2 is 2.25 bits per heavy atom. The average molecular weight is 277 g/mol. The van der Waals surface area contributed by atoms with Gasteiger partial charge in [-0.1, -0.05) is 0 Å². The van der Waals surface area contributed by atoms with Crippen LogP contribution >= 0.6 is 0 Å². The number of hydrogen-bond acceptors (Lipinski definition) is 4. The molecule has 0 radical (unpaired) electrons. The Kier molecular flexibility index (Phi) is 4.34. The Morgan fingerprint density at radius 1 is 1.50 bits per heavy atom. The predicted molar refractivity (Wildman–Crippen MR) is 73.8 cm³/mol. The van der Waals surface area contributed by atoms with Gasteiger partial charge in [0.15, 0.2) is 0 Å². The standard InChI is InChI=1S/C14H19N3O3/c1-16(2)9-11-4-3-7-17(11)13(18)10-5-6-15-12(8-10)14(19)20/h5-6,8,11H,3-4,7,9H2,1-2H3,(H,19,20).